The summed E-state index contributed by atoms with van der Waals surface area (Å²) in [5, 5.41) is 0. The normalized spacial score (nSPS) is 13.9. The Hall–Kier alpha value is -3.34. The highest BCUT2D eigenvalue weighted by Gasteiger charge is 2.41. The molecule has 1 aliphatic heterocycles. The van der Waals surface area contributed by atoms with Crippen molar-refractivity contribution in [2.45, 2.75) is 20.8 Å². The van der Waals surface area contributed by atoms with Crippen molar-refractivity contribution in [2.24, 2.45) is 5.92 Å². The molecule has 0 unspecified atom stereocenters. The molecule has 0 aliphatic carbocycles. The fourth-order valence-electron chi connectivity index (χ4n) is 3.43. The average molecular weight is 405 g/mol. The van der Waals surface area contributed by atoms with Crippen LogP contribution in [0.15, 0.2) is 72.9 Å². The van der Waals surface area contributed by atoms with Crippen molar-refractivity contribution in [1.82, 2.24) is 4.90 Å². The van der Waals surface area contributed by atoms with Gasteiger partial charge in [-0.15, -0.1) is 6.58 Å². The number of ether oxygens (including phenoxy) is 1. The van der Waals surface area contributed by atoms with Crippen molar-refractivity contribution in [2.75, 3.05) is 24.6 Å². The minimum atomic E-state index is -0.305. The third-order valence-electron chi connectivity index (χ3n) is 4.84. The molecular weight excluding hydrogens is 376 g/mol. The van der Waals surface area contributed by atoms with Crippen LogP contribution >= 0.6 is 0 Å². The third kappa shape index (κ3) is 4.30. The highest BCUT2D eigenvalue weighted by molar-refractivity contribution is 6.36. The number of para-hydroxylation sites is 1. The highest BCUT2D eigenvalue weighted by atomic mass is 16.5. The van der Waals surface area contributed by atoms with Crippen LogP contribution in [0.1, 0.15) is 26.3 Å². The van der Waals surface area contributed by atoms with Crippen LogP contribution < -0.4 is 9.64 Å². The molecule has 2 aromatic carbocycles. The van der Waals surface area contributed by atoms with Gasteiger partial charge >= 0.3 is 0 Å². The van der Waals surface area contributed by atoms with E-state index in [1.807, 2.05) is 66.4 Å². The van der Waals surface area contributed by atoms with Crippen LogP contribution in [-0.2, 0) is 9.59 Å². The lowest BCUT2D eigenvalue weighted by Crippen LogP contribution is -2.35. The Bertz CT molecular complexity index is 946. The molecule has 1 aliphatic rings. The molecule has 0 radical (unpaired) electrons. The Balaban J connectivity index is 2.06. The molecule has 0 spiro atoms. The van der Waals surface area contributed by atoms with E-state index in [9.17, 15) is 9.59 Å². The molecule has 0 atom stereocenters. The first-order chi connectivity index (χ1) is 14.5. The van der Waals surface area contributed by atoms with Gasteiger partial charge < -0.3 is 9.64 Å². The fourth-order valence-corrected chi connectivity index (χ4v) is 3.43. The Morgan fingerprint density at radius 1 is 1.03 bits per heavy atom. The molecule has 0 N–H and O–H groups in total. The smallest absolute Gasteiger partial charge is 0.278 e. The predicted octanol–water partition coefficient (Wildman–Crippen LogP) is 4.51. The van der Waals surface area contributed by atoms with Crippen LogP contribution in [0.4, 0.5) is 5.69 Å². The molecular formula is C25H28N2O3. The molecule has 3 rings (SSSR count). The van der Waals surface area contributed by atoms with Gasteiger partial charge in [-0.3, -0.25) is 14.5 Å². The first-order valence-corrected chi connectivity index (χ1v) is 10.2. The van der Waals surface area contributed by atoms with Crippen molar-refractivity contribution >= 4 is 23.1 Å². The number of amides is 2. The zero-order valence-electron chi connectivity index (χ0n) is 17.8. The molecule has 0 aromatic heterocycles. The summed E-state index contributed by atoms with van der Waals surface area (Å²) in [6, 6.07) is 17.0. The highest BCUT2D eigenvalue weighted by Crippen LogP contribution is 2.34. The summed E-state index contributed by atoms with van der Waals surface area (Å²) in [6.07, 6.45) is 1.57. The van der Waals surface area contributed by atoms with Gasteiger partial charge in [0.1, 0.15) is 11.4 Å². The molecule has 0 fully saturated rings. The first kappa shape index (κ1) is 21.4. The minimum Gasteiger partial charge on any atom is -0.493 e. The van der Waals surface area contributed by atoms with Gasteiger partial charge in [0, 0.05) is 18.8 Å². The third-order valence-corrected chi connectivity index (χ3v) is 4.84. The number of hydrogen-bond acceptors (Lipinski definition) is 4. The largest absolute Gasteiger partial charge is 0.493 e. The second-order valence-electron chi connectivity index (χ2n) is 7.54. The summed E-state index contributed by atoms with van der Waals surface area (Å²) < 4.78 is 5.76. The first-order valence-electron chi connectivity index (χ1n) is 10.2. The second kappa shape index (κ2) is 9.44. The zero-order valence-corrected chi connectivity index (χ0v) is 17.8. The van der Waals surface area contributed by atoms with E-state index in [1.165, 1.54) is 4.90 Å². The molecule has 5 nitrogen and oxygen atoms in total. The van der Waals surface area contributed by atoms with Gasteiger partial charge in [0.25, 0.3) is 11.8 Å². The summed E-state index contributed by atoms with van der Waals surface area (Å²) >= 11 is 0. The van der Waals surface area contributed by atoms with Gasteiger partial charge in [0.15, 0.2) is 0 Å². The van der Waals surface area contributed by atoms with E-state index in [-0.39, 0.29) is 18.4 Å². The average Bonchev–Trinajstić information content (AvgIpc) is 2.99. The van der Waals surface area contributed by atoms with Gasteiger partial charge in [0.2, 0.25) is 0 Å². The van der Waals surface area contributed by atoms with Crippen LogP contribution in [0.5, 0.6) is 5.75 Å². The van der Waals surface area contributed by atoms with Gasteiger partial charge in [-0.1, -0.05) is 50.3 Å². The number of imide groups is 1. The summed E-state index contributed by atoms with van der Waals surface area (Å²) in [7, 11) is 0. The molecule has 156 valence electrons. The molecule has 0 bridgehead atoms. The lowest BCUT2D eigenvalue weighted by atomic mass is 10.0. The molecule has 5 heteroatoms. The summed E-state index contributed by atoms with van der Waals surface area (Å²) in [5.41, 5.74) is 2.36. The molecule has 1 heterocycles. The monoisotopic (exact) mass is 404 g/mol. The van der Waals surface area contributed by atoms with Gasteiger partial charge in [-0.05, 0) is 42.7 Å². The SMILES string of the molecule is C=CCN1C(=O)C(c2ccc(OCC(C)C)cc2)=C(N(CC)c2ccccc2)C1=O. The summed E-state index contributed by atoms with van der Waals surface area (Å²) in [4.78, 5) is 29.6. The lowest BCUT2D eigenvalue weighted by Gasteiger charge is -2.24. The van der Waals surface area contributed by atoms with Gasteiger partial charge in [0.05, 0.1) is 12.2 Å². The number of nitrogens with zero attached hydrogens (tertiary/aromatic N) is 2. The zero-order chi connectivity index (χ0) is 21.7. The van der Waals surface area contributed by atoms with E-state index >= 15 is 0 Å². The van der Waals surface area contributed by atoms with Crippen LogP contribution in [0.3, 0.4) is 0 Å². The van der Waals surface area contributed by atoms with Crippen molar-refractivity contribution in [1.29, 1.82) is 0 Å². The van der Waals surface area contributed by atoms with E-state index in [0.717, 1.165) is 11.4 Å². The maximum atomic E-state index is 13.2. The molecule has 2 amide bonds. The van der Waals surface area contributed by atoms with E-state index in [2.05, 4.69) is 20.4 Å². The summed E-state index contributed by atoms with van der Waals surface area (Å²) in [6.45, 7) is 11.2. The predicted molar refractivity (Wildman–Crippen MR) is 120 cm³/mol. The Labute approximate surface area is 178 Å². The van der Waals surface area contributed by atoms with E-state index in [1.54, 1.807) is 6.08 Å². The Morgan fingerprint density at radius 3 is 2.27 bits per heavy atom. The van der Waals surface area contributed by atoms with E-state index < -0.39 is 0 Å². The fraction of sp³-hybridized carbons (Fsp3) is 0.280. The lowest BCUT2D eigenvalue weighted by molar-refractivity contribution is -0.136. The van der Waals surface area contributed by atoms with E-state index in [4.69, 9.17) is 4.74 Å². The van der Waals surface area contributed by atoms with Gasteiger partial charge in [-0.2, -0.15) is 0 Å². The number of rotatable bonds is 9. The van der Waals surface area contributed by atoms with Crippen molar-refractivity contribution < 1.29 is 14.3 Å². The van der Waals surface area contributed by atoms with Crippen molar-refractivity contribution in [3.8, 4) is 5.75 Å². The maximum Gasteiger partial charge on any atom is 0.278 e. The van der Waals surface area contributed by atoms with Gasteiger partial charge in [-0.25, -0.2) is 0 Å². The quantitative estimate of drug-likeness (QED) is 0.456. The Morgan fingerprint density at radius 2 is 1.70 bits per heavy atom. The molecule has 2 aromatic rings. The summed E-state index contributed by atoms with van der Waals surface area (Å²) in [5.74, 6) is 0.551. The number of carbonyl (C=O) groups excluding carboxylic acids is 2. The standard InChI is InChI=1S/C25H28N2O3/c1-5-16-27-24(28)22(19-12-14-21(15-13-19)30-17-18(3)4)23(25(27)29)26(6-2)20-10-8-7-9-11-20/h5,7-15,18H,1,6,16-17H2,2-4H3. The Kier molecular flexibility index (Phi) is 6.72. The topological polar surface area (TPSA) is 49.9 Å². The maximum absolute atomic E-state index is 13.2. The van der Waals surface area contributed by atoms with Crippen LogP contribution in [0.2, 0.25) is 0 Å². The molecule has 30 heavy (non-hydrogen) atoms. The number of carbonyl (C=O) groups is 2. The number of anilines is 1. The van der Waals surface area contributed by atoms with Crippen LogP contribution in [0.25, 0.3) is 5.57 Å². The minimum absolute atomic E-state index is 0.173. The van der Waals surface area contributed by atoms with E-state index in [0.29, 0.717) is 35.9 Å². The number of likely N-dealkylation sites (N-methyl/N-ethyl adjacent to an activating group) is 1. The number of hydrogen-bond donors (Lipinski definition) is 0. The van der Waals surface area contributed by atoms with Crippen LogP contribution in [-0.4, -0.2) is 36.4 Å². The second-order valence-corrected chi connectivity index (χ2v) is 7.54. The number of benzene rings is 2. The van der Waals surface area contributed by atoms with Crippen molar-refractivity contribution in [3.05, 3.63) is 78.5 Å². The van der Waals surface area contributed by atoms with Crippen LogP contribution in [0, 0.1) is 5.92 Å². The molecule has 0 saturated carbocycles. The van der Waals surface area contributed by atoms with Crippen molar-refractivity contribution in [3.63, 3.8) is 0 Å². The molecule has 0 saturated heterocycles.